The van der Waals surface area contributed by atoms with Crippen molar-refractivity contribution in [3.8, 4) is 11.5 Å². The van der Waals surface area contributed by atoms with Gasteiger partial charge in [-0.1, -0.05) is 44.2 Å². The smallest absolute Gasteiger partial charge is 0.457 e. The predicted molar refractivity (Wildman–Crippen MR) is 74.1 cm³/mol. The van der Waals surface area contributed by atoms with E-state index in [-0.39, 0.29) is 0 Å². The maximum Gasteiger partial charge on any atom is 0.488 e. The summed E-state index contributed by atoms with van der Waals surface area (Å²) in [5.74, 6) is 1.30. The molecule has 0 saturated heterocycles. The van der Waals surface area contributed by atoms with Crippen LogP contribution in [0.2, 0.25) is 0 Å². The third-order valence-corrected chi connectivity index (χ3v) is 2.14. The molecular formula is C14H17BO3. The van der Waals surface area contributed by atoms with E-state index in [4.69, 9.17) is 14.8 Å². The van der Waals surface area contributed by atoms with Crippen LogP contribution in [0.5, 0.6) is 11.5 Å². The Kier molecular flexibility index (Phi) is 5.98. The largest absolute Gasteiger partial charge is 0.488 e. The second kappa shape index (κ2) is 7.53. The molecule has 3 nitrogen and oxygen atoms in total. The number of hydrogen-bond acceptors (Lipinski definition) is 3. The highest BCUT2D eigenvalue weighted by atomic mass is 16.5. The van der Waals surface area contributed by atoms with E-state index < -0.39 is 7.12 Å². The molecule has 0 saturated carbocycles. The number of benzene rings is 2. The van der Waals surface area contributed by atoms with Gasteiger partial charge in [-0.25, -0.2) is 0 Å². The van der Waals surface area contributed by atoms with Crippen molar-refractivity contribution < 1.29 is 14.8 Å². The Morgan fingerprint density at radius 3 is 2.06 bits per heavy atom. The zero-order chi connectivity index (χ0) is 13.4. The molecule has 2 aromatic rings. The molecule has 2 N–H and O–H groups in total. The van der Waals surface area contributed by atoms with Gasteiger partial charge in [0.25, 0.3) is 0 Å². The molecule has 0 aliphatic rings. The van der Waals surface area contributed by atoms with Crippen molar-refractivity contribution in [3.63, 3.8) is 0 Å². The SMILES string of the molecule is CC.OB(O)c1cccc(Oc2ccccc2)c1. The van der Waals surface area contributed by atoms with Crippen LogP contribution < -0.4 is 10.2 Å². The van der Waals surface area contributed by atoms with Gasteiger partial charge in [-0.2, -0.15) is 0 Å². The van der Waals surface area contributed by atoms with Crippen LogP contribution in [-0.2, 0) is 0 Å². The average Bonchev–Trinajstić information content (AvgIpc) is 2.42. The maximum atomic E-state index is 9.01. The first-order valence-corrected chi connectivity index (χ1v) is 5.95. The van der Waals surface area contributed by atoms with Crippen molar-refractivity contribution in [3.05, 3.63) is 54.6 Å². The normalized spacial score (nSPS) is 9.11. The molecule has 0 unspecified atom stereocenters. The summed E-state index contributed by atoms with van der Waals surface area (Å²) in [5, 5.41) is 18.0. The van der Waals surface area contributed by atoms with Crippen molar-refractivity contribution in [1.29, 1.82) is 0 Å². The standard InChI is InChI=1S/C12H11BO3.C2H6/c14-13(15)10-5-4-8-12(9-10)16-11-6-2-1-3-7-11;1-2/h1-9,14-15H;1-2H3. The Bertz CT molecular complexity index is 458. The first kappa shape index (κ1) is 14.3. The molecule has 0 aliphatic carbocycles. The van der Waals surface area contributed by atoms with Gasteiger partial charge in [0, 0.05) is 0 Å². The highest BCUT2D eigenvalue weighted by molar-refractivity contribution is 6.58. The van der Waals surface area contributed by atoms with E-state index in [9.17, 15) is 0 Å². The van der Waals surface area contributed by atoms with Crippen LogP contribution in [0.25, 0.3) is 0 Å². The van der Waals surface area contributed by atoms with Crippen LogP contribution in [-0.4, -0.2) is 17.2 Å². The molecule has 0 amide bonds. The van der Waals surface area contributed by atoms with E-state index in [0.29, 0.717) is 17.0 Å². The highest BCUT2D eigenvalue weighted by Gasteiger charge is 2.11. The summed E-state index contributed by atoms with van der Waals surface area (Å²) in [6, 6.07) is 16.0. The monoisotopic (exact) mass is 244 g/mol. The Hall–Kier alpha value is -1.78. The van der Waals surface area contributed by atoms with Crippen LogP contribution in [0.1, 0.15) is 13.8 Å². The quantitative estimate of drug-likeness (QED) is 0.813. The van der Waals surface area contributed by atoms with E-state index in [0.717, 1.165) is 0 Å². The highest BCUT2D eigenvalue weighted by Crippen LogP contribution is 2.19. The summed E-state index contributed by atoms with van der Waals surface area (Å²) in [7, 11) is -1.47. The third kappa shape index (κ3) is 4.24. The molecule has 0 spiro atoms. The Labute approximate surface area is 108 Å². The first-order chi connectivity index (χ1) is 8.75. The third-order valence-electron chi connectivity index (χ3n) is 2.14. The van der Waals surface area contributed by atoms with E-state index in [1.165, 1.54) is 0 Å². The van der Waals surface area contributed by atoms with Crippen LogP contribution in [0.15, 0.2) is 54.6 Å². The minimum Gasteiger partial charge on any atom is -0.457 e. The van der Waals surface area contributed by atoms with E-state index in [2.05, 4.69) is 0 Å². The minimum absolute atomic E-state index is 0.411. The Balaban J connectivity index is 0.000000771. The fourth-order valence-corrected chi connectivity index (χ4v) is 1.36. The van der Waals surface area contributed by atoms with Gasteiger partial charge in [0.15, 0.2) is 0 Å². The fraction of sp³-hybridized carbons (Fsp3) is 0.143. The average molecular weight is 244 g/mol. The van der Waals surface area contributed by atoms with Gasteiger partial charge >= 0.3 is 7.12 Å². The number of para-hydroxylation sites is 1. The molecule has 0 fully saturated rings. The zero-order valence-corrected chi connectivity index (χ0v) is 10.6. The van der Waals surface area contributed by atoms with E-state index in [1.807, 2.05) is 44.2 Å². The van der Waals surface area contributed by atoms with Gasteiger partial charge in [-0.15, -0.1) is 0 Å². The molecule has 2 rings (SSSR count). The van der Waals surface area contributed by atoms with Crippen molar-refractivity contribution >= 4 is 12.6 Å². The van der Waals surface area contributed by atoms with Crippen LogP contribution in [0, 0.1) is 0 Å². The molecule has 0 aliphatic heterocycles. The van der Waals surface area contributed by atoms with Crippen molar-refractivity contribution in [1.82, 2.24) is 0 Å². The van der Waals surface area contributed by atoms with Crippen LogP contribution >= 0.6 is 0 Å². The molecule has 94 valence electrons. The van der Waals surface area contributed by atoms with E-state index in [1.54, 1.807) is 24.3 Å². The number of hydrogen-bond donors (Lipinski definition) is 2. The minimum atomic E-state index is -1.47. The lowest BCUT2D eigenvalue weighted by Gasteiger charge is -2.06. The van der Waals surface area contributed by atoms with Gasteiger partial charge < -0.3 is 14.8 Å². The molecule has 0 radical (unpaired) electrons. The second-order valence-corrected chi connectivity index (χ2v) is 3.36. The first-order valence-electron chi connectivity index (χ1n) is 5.95. The molecule has 4 heteroatoms. The number of rotatable bonds is 3. The molecule has 0 bridgehead atoms. The number of ether oxygens (including phenoxy) is 1. The van der Waals surface area contributed by atoms with Gasteiger partial charge in [0.2, 0.25) is 0 Å². The molecule has 18 heavy (non-hydrogen) atoms. The second-order valence-electron chi connectivity index (χ2n) is 3.36. The van der Waals surface area contributed by atoms with Crippen LogP contribution in [0.3, 0.4) is 0 Å². The van der Waals surface area contributed by atoms with Crippen molar-refractivity contribution in [2.45, 2.75) is 13.8 Å². The summed E-state index contributed by atoms with van der Waals surface area (Å²) in [6.45, 7) is 4.00. The maximum absolute atomic E-state index is 9.01. The van der Waals surface area contributed by atoms with Crippen LogP contribution in [0.4, 0.5) is 0 Å². The molecule has 2 aromatic carbocycles. The summed E-state index contributed by atoms with van der Waals surface area (Å²) in [5.41, 5.74) is 0.411. The van der Waals surface area contributed by atoms with Crippen molar-refractivity contribution in [2.24, 2.45) is 0 Å². The molecule has 0 atom stereocenters. The lowest BCUT2D eigenvalue weighted by atomic mass is 9.80. The fourth-order valence-electron chi connectivity index (χ4n) is 1.36. The van der Waals surface area contributed by atoms with Gasteiger partial charge in [-0.05, 0) is 29.7 Å². The molecule has 0 aromatic heterocycles. The molecule has 0 heterocycles. The zero-order valence-electron chi connectivity index (χ0n) is 10.6. The summed E-state index contributed by atoms with van der Waals surface area (Å²) in [6.07, 6.45) is 0. The Morgan fingerprint density at radius 1 is 0.833 bits per heavy atom. The Morgan fingerprint density at radius 2 is 1.44 bits per heavy atom. The summed E-state index contributed by atoms with van der Waals surface area (Å²) < 4.78 is 5.55. The molecular weight excluding hydrogens is 227 g/mol. The predicted octanol–water partition coefficient (Wildman–Crippen LogP) is 2.18. The van der Waals surface area contributed by atoms with Gasteiger partial charge in [-0.3, -0.25) is 0 Å². The summed E-state index contributed by atoms with van der Waals surface area (Å²) >= 11 is 0. The van der Waals surface area contributed by atoms with Crippen molar-refractivity contribution in [2.75, 3.05) is 0 Å². The summed E-state index contributed by atoms with van der Waals surface area (Å²) in [4.78, 5) is 0. The lowest BCUT2D eigenvalue weighted by molar-refractivity contribution is 0.425. The van der Waals surface area contributed by atoms with Gasteiger partial charge in [0.1, 0.15) is 11.5 Å². The topological polar surface area (TPSA) is 49.7 Å². The van der Waals surface area contributed by atoms with E-state index >= 15 is 0 Å². The lowest BCUT2D eigenvalue weighted by Crippen LogP contribution is -2.29. The van der Waals surface area contributed by atoms with Gasteiger partial charge in [0.05, 0.1) is 0 Å².